The van der Waals surface area contributed by atoms with Crippen molar-refractivity contribution in [3.05, 3.63) is 40.3 Å². The van der Waals surface area contributed by atoms with Gasteiger partial charge in [0.05, 0.1) is 17.5 Å². The van der Waals surface area contributed by atoms with Gasteiger partial charge in [0.2, 0.25) is 0 Å². The summed E-state index contributed by atoms with van der Waals surface area (Å²) in [5, 5.41) is 3.51. The van der Waals surface area contributed by atoms with Crippen molar-refractivity contribution in [1.82, 2.24) is 10.3 Å². The highest BCUT2D eigenvalue weighted by atomic mass is 32.1. The van der Waals surface area contributed by atoms with Crippen LogP contribution < -0.4 is 14.8 Å². The summed E-state index contributed by atoms with van der Waals surface area (Å²) < 4.78 is 11.2. The van der Waals surface area contributed by atoms with E-state index in [1.165, 1.54) is 18.4 Å². The SMILES string of the molecule is COc1ccc(CNC2CC2)c(OCc2cncs2)c1. The number of hydrogen-bond donors (Lipinski definition) is 1. The number of nitrogens with one attached hydrogen (secondary N) is 1. The van der Waals surface area contributed by atoms with Crippen LogP contribution in [0.1, 0.15) is 23.3 Å². The maximum atomic E-state index is 5.93. The van der Waals surface area contributed by atoms with Gasteiger partial charge >= 0.3 is 0 Å². The van der Waals surface area contributed by atoms with Crippen molar-refractivity contribution in [3.8, 4) is 11.5 Å². The molecule has 4 nitrogen and oxygen atoms in total. The molecule has 20 heavy (non-hydrogen) atoms. The van der Waals surface area contributed by atoms with Crippen LogP contribution >= 0.6 is 11.3 Å². The molecule has 1 aliphatic rings. The average Bonchev–Trinajstić information content (AvgIpc) is 3.17. The van der Waals surface area contributed by atoms with Crippen molar-refractivity contribution in [2.45, 2.75) is 32.0 Å². The highest BCUT2D eigenvalue weighted by Gasteiger charge is 2.20. The van der Waals surface area contributed by atoms with Gasteiger partial charge in [0.15, 0.2) is 0 Å². The van der Waals surface area contributed by atoms with Gasteiger partial charge in [0.1, 0.15) is 18.1 Å². The molecule has 5 heteroatoms. The molecule has 1 saturated carbocycles. The molecule has 1 aliphatic carbocycles. The van der Waals surface area contributed by atoms with Gasteiger partial charge in [-0.2, -0.15) is 0 Å². The quantitative estimate of drug-likeness (QED) is 0.851. The van der Waals surface area contributed by atoms with E-state index in [1.54, 1.807) is 18.4 Å². The predicted octanol–water partition coefficient (Wildman–Crippen LogP) is 2.98. The van der Waals surface area contributed by atoms with Gasteiger partial charge < -0.3 is 14.8 Å². The fourth-order valence-electron chi connectivity index (χ4n) is 1.95. The fourth-order valence-corrected chi connectivity index (χ4v) is 2.45. The van der Waals surface area contributed by atoms with E-state index >= 15 is 0 Å². The topological polar surface area (TPSA) is 43.4 Å². The first-order chi connectivity index (χ1) is 9.85. The number of ether oxygens (including phenoxy) is 2. The monoisotopic (exact) mass is 290 g/mol. The van der Waals surface area contributed by atoms with Crippen LogP contribution in [0.5, 0.6) is 11.5 Å². The molecule has 1 N–H and O–H groups in total. The van der Waals surface area contributed by atoms with E-state index in [4.69, 9.17) is 9.47 Å². The predicted molar refractivity (Wildman–Crippen MR) is 79.3 cm³/mol. The minimum atomic E-state index is 0.550. The zero-order valence-corrected chi connectivity index (χ0v) is 12.3. The third-order valence-corrected chi connectivity index (χ3v) is 4.04. The zero-order valence-electron chi connectivity index (χ0n) is 11.5. The Kier molecular flexibility index (Phi) is 4.18. The van der Waals surface area contributed by atoms with E-state index in [1.807, 2.05) is 23.8 Å². The molecule has 1 aromatic carbocycles. The van der Waals surface area contributed by atoms with Gasteiger partial charge in [0, 0.05) is 30.4 Å². The lowest BCUT2D eigenvalue weighted by molar-refractivity contribution is 0.302. The smallest absolute Gasteiger partial charge is 0.128 e. The largest absolute Gasteiger partial charge is 0.497 e. The zero-order chi connectivity index (χ0) is 13.8. The van der Waals surface area contributed by atoms with Crippen molar-refractivity contribution in [1.29, 1.82) is 0 Å². The van der Waals surface area contributed by atoms with Crippen LogP contribution in [0.3, 0.4) is 0 Å². The van der Waals surface area contributed by atoms with Crippen LogP contribution in [-0.4, -0.2) is 18.1 Å². The fraction of sp³-hybridized carbons (Fsp3) is 0.400. The second kappa shape index (κ2) is 6.24. The standard InChI is InChI=1S/C15H18N2O2S/c1-18-13-5-2-11(7-17-12-3-4-12)15(6-13)19-9-14-8-16-10-20-14/h2,5-6,8,10,12,17H,3-4,7,9H2,1H3. The van der Waals surface area contributed by atoms with Crippen LogP contribution in [0.25, 0.3) is 0 Å². The third-order valence-electron chi connectivity index (χ3n) is 3.29. The van der Waals surface area contributed by atoms with Crippen molar-refractivity contribution in [2.24, 2.45) is 0 Å². The Balaban J connectivity index is 1.70. The molecule has 0 unspecified atom stereocenters. The van der Waals surface area contributed by atoms with Crippen LogP contribution in [-0.2, 0) is 13.2 Å². The van der Waals surface area contributed by atoms with Gasteiger partial charge in [-0.15, -0.1) is 11.3 Å². The second-order valence-electron chi connectivity index (χ2n) is 4.89. The number of thiazole rings is 1. The highest BCUT2D eigenvalue weighted by molar-refractivity contribution is 7.09. The van der Waals surface area contributed by atoms with E-state index in [0.717, 1.165) is 22.9 Å². The van der Waals surface area contributed by atoms with Crippen LogP contribution in [0.15, 0.2) is 29.9 Å². The molecule has 3 rings (SSSR count). The number of methoxy groups -OCH3 is 1. The molecule has 106 valence electrons. The molecule has 0 spiro atoms. The number of benzene rings is 1. The summed E-state index contributed by atoms with van der Waals surface area (Å²) in [7, 11) is 1.67. The number of aromatic nitrogens is 1. The molecule has 1 fully saturated rings. The van der Waals surface area contributed by atoms with Crippen molar-refractivity contribution in [2.75, 3.05) is 7.11 Å². The Morgan fingerprint density at radius 3 is 3.00 bits per heavy atom. The lowest BCUT2D eigenvalue weighted by Crippen LogP contribution is -2.16. The van der Waals surface area contributed by atoms with E-state index in [2.05, 4.69) is 16.4 Å². The Hall–Kier alpha value is -1.59. The van der Waals surface area contributed by atoms with Crippen molar-refractivity contribution in [3.63, 3.8) is 0 Å². The molecule has 0 bridgehead atoms. The highest BCUT2D eigenvalue weighted by Crippen LogP contribution is 2.27. The van der Waals surface area contributed by atoms with Gasteiger partial charge in [0.25, 0.3) is 0 Å². The maximum Gasteiger partial charge on any atom is 0.128 e. The molecule has 1 aromatic heterocycles. The molecule has 0 amide bonds. The van der Waals surface area contributed by atoms with E-state index < -0.39 is 0 Å². The Morgan fingerprint density at radius 2 is 2.30 bits per heavy atom. The summed E-state index contributed by atoms with van der Waals surface area (Å²) in [4.78, 5) is 5.18. The molecule has 0 aliphatic heterocycles. The van der Waals surface area contributed by atoms with Gasteiger partial charge in [-0.05, 0) is 18.9 Å². The van der Waals surface area contributed by atoms with Gasteiger partial charge in [-0.25, -0.2) is 0 Å². The molecule has 0 radical (unpaired) electrons. The summed E-state index contributed by atoms with van der Waals surface area (Å²) in [6, 6.07) is 6.68. The third kappa shape index (κ3) is 3.49. The summed E-state index contributed by atoms with van der Waals surface area (Å²) in [5.74, 6) is 1.70. The normalized spacial score (nSPS) is 14.2. The first kappa shape index (κ1) is 13.4. The van der Waals surface area contributed by atoms with Crippen LogP contribution in [0.2, 0.25) is 0 Å². The van der Waals surface area contributed by atoms with Crippen LogP contribution in [0.4, 0.5) is 0 Å². The van der Waals surface area contributed by atoms with Gasteiger partial charge in [-0.1, -0.05) is 6.07 Å². The lowest BCUT2D eigenvalue weighted by Gasteiger charge is -2.13. The Labute approximate surface area is 122 Å². The van der Waals surface area contributed by atoms with Crippen LogP contribution in [0, 0.1) is 0 Å². The number of hydrogen-bond acceptors (Lipinski definition) is 5. The second-order valence-corrected chi connectivity index (χ2v) is 5.86. The lowest BCUT2D eigenvalue weighted by atomic mass is 10.2. The molecule has 0 saturated heterocycles. The summed E-state index contributed by atoms with van der Waals surface area (Å²) >= 11 is 1.60. The van der Waals surface area contributed by atoms with E-state index in [-0.39, 0.29) is 0 Å². The first-order valence-corrected chi connectivity index (χ1v) is 7.63. The van der Waals surface area contributed by atoms with E-state index in [0.29, 0.717) is 12.6 Å². The molecular weight excluding hydrogens is 272 g/mol. The minimum Gasteiger partial charge on any atom is -0.497 e. The Morgan fingerprint density at radius 1 is 1.40 bits per heavy atom. The van der Waals surface area contributed by atoms with Gasteiger partial charge in [-0.3, -0.25) is 4.98 Å². The summed E-state index contributed by atoms with van der Waals surface area (Å²) in [5.41, 5.74) is 2.99. The number of rotatable bonds is 7. The average molecular weight is 290 g/mol. The maximum absolute atomic E-state index is 5.93. The molecular formula is C15H18N2O2S. The summed E-state index contributed by atoms with van der Waals surface area (Å²) in [6.07, 6.45) is 4.41. The first-order valence-electron chi connectivity index (χ1n) is 6.75. The van der Waals surface area contributed by atoms with Crippen molar-refractivity contribution < 1.29 is 9.47 Å². The summed E-state index contributed by atoms with van der Waals surface area (Å²) in [6.45, 7) is 1.39. The minimum absolute atomic E-state index is 0.550. The van der Waals surface area contributed by atoms with E-state index in [9.17, 15) is 0 Å². The molecule has 1 heterocycles. The number of nitrogens with zero attached hydrogens (tertiary/aromatic N) is 1. The molecule has 0 atom stereocenters. The Bertz CT molecular complexity index is 553. The van der Waals surface area contributed by atoms with Crippen molar-refractivity contribution >= 4 is 11.3 Å². The molecule has 2 aromatic rings.